The van der Waals surface area contributed by atoms with Gasteiger partial charge in [0.15, 0.2) is 5.69 Å². The van der Waals surface area contributed by atoms with Crippen molar-refractivity contribution in [1.82, 2.24) is 20.9 Å². The molecule has 5 unspecified atom stereocenters. The second-order valence-electron chi connectivity index (χ2n) is 8.32. The third-order valence-corrected chi connectivity index (χ3v) is 5.70. The molecule has 1 saturated heterocycles. The minimum Gasteiger partial charge on any atom is -0.505 e. The van der Waals surface area contributed by atoms with E-state index in [-0.39, 0.29) is 18.7 Å². The van der Waals surface area contributed by atoms with Gasteiger partial charge < -0.3 is 30.9 Å². The van der Waals surface area contributed by atoms with Crippen LogP contribution in [0.15, 0.2) is 48.7 Å². The highest BCUT2D eigenvalue weighted by atomic mass is 16.5. The van der Waals surface area contributed by atoms with Crippen molar-refractivity contribution >= 4 is 23.7 Å². The highest BCUT2D eigenvalue weighted by Gasteiger charge is 2.36. The van der Waals surface area contributed by atoms with E-state index in [2.05, 4.69) is 20.9 Å². The molecule has 0 bridgehead atoms. The van der Waals surface area contributed by atoms with Gasteiger partial charge in [-0.15, -0.1) is 0 Å². The monoisotopic (exact) mass is 484 g/mol. The third-order valence-electron chi connectivity index (χ3n) is 5.70. The largest absolute Gasteiger partial charge is 0.505 e. The number of pyridine rings is 1. The van der Waals surface area contributed by atoms with Gasteiger partial charge in [0.2, 0.25) is 11.8 Å². The van der Waals surface area contributed by atoms with Gasteiger partial charge >= 0.3 is 5.97 Å². The zero-order valence-corrected chi connectivity index (χ0v) is 19.3. The number of cyclic esters (lactones) is 1. The zero-order chi connectivity index (χ0) is 25.5. The van der Waals surface area contributed by atoms with Gasteiger partial charge in [0.25, 0.3) is 5.91 Å². The van der Waals surface area contributed by atoms with Crippen LogP contribution >= 0.6 is 0 Å². The Bertz CT molecular complexity index is 1080. The lowest BCUT2D eigenvalue weighted by Gasteiger charge is -2.29. The van der Waals surface area contributed by atoms with Crippen molar-refractivity contribution in [2.45, 2.75) is 44.6 Å². The molecule has 1 aliphatic rings. The molecule has 1 aromatic carbocycles. The molecular weight excluding hydrogens is 456 g/mol. The summed E-state index contributed by atoms with van der Waals surface area (Å²) in [6.07, 6.45) is -1.00. The average molecular weight is 485 g/mol. The van der Waals surface area contributed by atoms with Crippen molar-refractivity contribution < 1.29 is 34.1 Å². The number of rotatable bonds is 4. The summed E-state index contributed by atoms with van der Waals surface area (Å²) in [5, 5.41) is 27.8. The fourth-order valence-corrected chi connectivity index (χ4v) is 3.52. The van der Waals surface area contributed by atoms with Crippen LogP contribution in [0.1, 0.15) is 29.9 Å². The standard InChI is InChI=1S/C24H28N4O7/c1-13-18(30)12-26-22(32)19(28-23(33)20-17(29)9-6-10-25-20)14(2)35-24(34)16(27-21(13)31)11-15-7-4-3-5-8-15/h3-10,13-14,16,18-19,29-30H,11-12H2,1-2H3,(H,26,32)(H,27,31)(H,28,33). The number of β-amino-alcohol motifs (C(OH)–C–C–N with tert-alkyl or cyclic N) is 1. The molecule has 186 valence electrons. The Morgan fingerprint density at radius 2 is 1.83 bits per heavy atom. The first kappa shape index (κ1) is 25.6. The van der Waals surface area contributed by atoms with Crippen molar-refractivity contribution in [2.24, 2.45) is 5.92 Å². The highest BCUT2D eigenvalue weighted by Crippen LogP contribution is 2.15. The molecule has 5 atom stereocenters. The molecule has 1 aliphatic heterocycles. The number of hydrogen-bond donors (Lipinski definition) is 5. The van der Waals surface area contributed by atoms with E-state index < -0.39 is 59.6 Å². The van der Waals surface area contributed by atoms with Crippen molar-refractivity contribution in [1.29, 1.82) is 0 Å². The molecule has 2 heterocycles. The van der Waals surface area contributed by atoms with Gasteiger partial charge in [0.05, 0.1) is 12.0 Å². The van der Waals surface area contributed by atoms with Crippen molar-refractivity contribution in [2.75, 3.05) is 6.54 Å². The van der Waals surface area contributed by atoms with Crippen molar-refractivity contribution in [3.05, 3.63) is 59.9 Å². The Balaban J connectivity index is 1.87. The molecule has 0 saturated carbocycles. The number of aliphatic hydroxyl groups excluding tert-OH is 1. The Hall–Kier alpha value is -3.99. The Labute approximate surface area is 201 Å². The molecule has 3 amide bonds. The quantitative estimate of drug-likeness (QED) is 0.368. The summed E-state index contributed by atoms with van der Waals surface area (Å²) in [5.41, 5.74) is 0.448. The van der Waals surface area contributed by atoms with Gasteiger partial charge in [-0.2, -0.15) is 0 Å². The maximum absolute atomic E-state index is 13.0. The number of carbonyl (C=O) groups is 4. The van der Waals surface area contributed by atoms with Crippen LogP contribution in [0, 0.1) is 5.92 Å². The predicted molar refractivity (Wildman–Crippen MR) is 123 cm³/mol. The molecule has 0 aliphatic carbocycles. The molecular formula is C24H28N4O7. The van der Waals surface area contributed by atoms with E-state index in [0.29, 0.717) is 0 Å². The van der Waals surface area contributed by atoms with Gasteiger partial charge in [-0.25, -0.2) is 9.78 Å². The van der Waals surface area contributed by atoms with Crippen LogP contribution in [0.3, 0.4) is 0 Å². The van der Waals surface area contributed by atoms with Crippen LogP contribution in [-0.4, -0.2) is 69.7 Å². The molecule has 3 rings (SSSR count). The SMILES string of the molecule is CC1OC(=O)C(Cc2ccccc2)NC(=O)C(C)C(O)CNC(=O)C1NC(=O)c1ncccc1O. The van der Waals surface area contributed by atoms with Crippen molar-refractivity contribution in [3.8, 4) is 5.75 Å². The second-order valence-corrected chi connectivity index (χ2v) is 8.32. The Morgan fingerprint density at radius 3 is 2.51 bits per heavy atom. The molecule has 1 fully saturated rings. The number of aromatic hydroxyl groups is 1. The highest BCUT2D eigenvalue weighted by molar-refractivity contribution is 5.98. The third kappa shape index (κ3) is 6.54. The number of benzene rings is 1. The molecule has 0 spiro atoms. The number of esters is 1. The van der Waals surface area contributed by atoms with Crippen LogP contribution in [0.5, 0.6) is 5.75 Å². The minimum atomic E-state index is -1.37. The van der Waals surface area contributed by atoms with Crippen LogP contribution in [-0.2, 0) is 25.5 Å². The fourth-order valence-electron chi connectivity index (χ4n) is 3.52. The van der Waals surface area contributed by atoms with E-state index in [4.69, 9.17) is 4.74 Å². The first-order valence-corrected chi connectivity index (χ1v) is 11.1. The molecule has 35 heavy (non-hydrogen) atoms. The number of aliphatic hydroxyl groups is 1. The second kappa shape index (κ2) is 11.4. The fraction of sp³-hybridized carbons (Fsp3) is 0.375. The predicted octanol–water partition coefficient (Wildman–Crippen LogP) is -0.328. The number of carbonyl (C=O) groups excluding carboxylic acids is 4. The van der Waals surface area contributed by atoms with E-state index in [0.717, 1.165) is 5.56 Å². The summed E-state index contributed by atoms with van der Waals surface area (Å²) in [5.74, 6) is -4.34. The lowest BCUT2D eigenvalue weighted by Crippen LogP contribution is -2.57. The van der Waals surface area contributed by atoms with E-state index in [1.165, 1.54) is 32.2 Å². The average Bonchev–Trinajstić information content (AvgIpc) is 2.84. The van der Waals surface area contributed by atoms with Gasteiger partial charge in [0, 0.05) is 19.2 Å². The van der Waals surface area contributed by atoms with Crippen LogP contribution in [0.4, 0.5) is 0 Å². The smallest absolute Gasteiger partial charge is 0.329 e. The summed E-state index contributed by atoms with van der Waals surface area (Å²) >= 11 is 0. The number of aromatic nitrogens is 1. The summed E-state index contributed by atoms with van der Waals surface area (Å²) < 4.78 is 5.49. The minimum absolute atomic E-state index is 0.117. The maximum atomic E-state index is 13.0. The molecule has 11 nitrogen and oxygen atoms in total. The number of hydrogen-bond acceptors (Lipinski definition) is 8. The van der Waals surface area contributed by atoms with Crippen molar-refractivity contribution in [3.63, 3.8) is 0 Å². The van der Waals surface area contributed by atoms with Crippen LogP contribution < -0.4 is 16.0 Å². The van der Waals surface area contributed by atoms with E-state index in [1.807, 2.05) is 6.07 Å². The van der Waals surface area contributed by atoms with E-state index in [9.17, 15) is 29.4 Å². The maximum Gasteiger partial charge on any atom is 0.329 e. The van der Waals surface area contributed by atoms with Crippen LogP contribution in [0.25, 0.3) is 0 Å². The number of amides is 3. The van der Waals surface area contributed by atoms with Gasteiger partial charge in [0.1, 0.15) is 23.9 Å². The molecule has 5 N–H and O–H groups in total. The normalized spacial score (nSPS) is 25.8. The lowest BCUT2D eigenvalue weighted by atomic mass is 10.0. The Morgan fingerprint density at radius 1 is 1.11 bits per heavy atom. The van der Waals surface area contributed by atoms with E-state index >= 15 is 0 Å². The summed E-state index contributed by atoms with van der Waals surface area (Å²) in [4.78, 5) is 55.1. The molecule has 11 heteroatoms. The number of nitrogens with one attached hydrogen (secondary N) is 3. The Kier molecular flexibility index (Phi) is 8.37. The first-order chi connectivity index (χ1) is 16.7. The van der Waals surface area contributed by atoms with Crippen LogP contribution in [0.2, 0.25) is 0 Å². The molecule has 0 radical (unpaired) electrons. The number of nitrogens with zero attached hydrogens (tertiary/aromatic N) is 1. The molecule has 1 aromatic heterocycles. The first-order valence-electron chi connectivity index (χ1n) is 11.1. The lowest BCUT2D eigenvalue weighted by molar-refractivity contribution is -0.155. The topological polar surface area (TPSA) is 167 Å². The summed E-state index contributed by atoms with van der Waals surface area (Å²) in [6.45, 7) is 2.60. The zero-order valence-electron chi connectivity index (χ0n) is 19.3. The van der Waals surface area contributed by atoms with Gasteiger partial charge in [-0.3, -0.25) is 14.4 Å². The molecule has 2 aromatic rings. The van der Waals surface area contributed by atoms with Gasteiger partial charge in [-0.05, 0) is 24.6 Å². The van der Waals surface area contributed by atoms with Gasteiger partial charge in [-0.1, -0.05) is 37.3 Å². The number of ether oxygens (including phenoxy) is 1. The van der Waals surface area contributed by atoms with E-state index in [1.54, 1.807) is 24.3 Å². The summed E-state index contributed by atoms with van der Waals surface area (Å²) in [7, 11) is 0. The summed E-state index contributed by atoms with van der Waals surface area (Å²) in [6, 6.07) is 9.19.